The van der Waals surface area contributed by atoms with Gasteiger partial charge in [-0.1, -0.05) is 0 Å². The molecule has 3 aromatic rings. The molecule has 0 fully saturated rings. The highest BCUT2D eigenvalue weighted by molar-refractivity contribution is 7.92. The van der Waals surface area contributed by atoms with Gasteiger partial charge in [0, 0.05) is 17.8 Å². The summed E-state index contributed by atoms with van der Waals surface area (Å²) in [6.07, 6.45) is 4.70. The van der Waals surface area contributed by atoms with Crippen LogP contribution in [0.25, 0.3) is 4.96 Å². The fraction of sp³-hybridized carbons (Fsp3) is 0.0909. The molecule has 0 saturated carbocycles. The van der Waals surface area contributed by atoms with Gasteiger partial charge in [-0.25, -0.2) is 5.84 Å². The van der Waals surface area contributed by atoms with Crippen molar-refractivity contribution in [1.29, 1.82) is 0 Å². The SMILES string of the molecule is Cc1cncc(NS(=O)(=O)c2c(NN)nc3sccn23)c1. The molecule has 0 atom stereocenters. The van der Waals surface area contributed by atoms with E-state index in [-0.39, 0.29) is 10.8 Å². The lowest BCUT2D eigenvalue weighted by atomic mass is 10.3. The molecule has 3 heterocycles. The smallest absolute Gasteiger partial charge is 0.281 e. The van der Waals surface area contributed by atoms with Gasteiger partial charge in [-0.2, -0.15) is 13.4 Å². The molecule has 0 aromatic carbocycles. The van der Waals surface area contributed by atoms with Gasteiger partial charge in [0.15, 0.2) is 10.8 Å². The van der Waals surface area contributed by atoms with Gasteiger partial charge in [-0.05, 0) is 18.6 Å². The number of rotatable bonds is 4. The van der Waals surface area contributed by atoms with Crippen molar-refractivity contribution >= 4 is 37.8 Å². The number of aryl methyl sites for hydroxylation is 1. The van der Waals surface area contributed by atoms with E-state index in [9.17, 15) is 8.42 Å². The molecule has 8 nitrogen and oxygen atoms in total. The largest absolute Gasteiger partial charge is 0.306 e. The van der Waals surface area contributed by atoms with Gasteiger partial charge in [0.05, 0.1) is 11.9 Å². The molecule has 0 aliphatic rings. The van der Waals surface area contributed by atoms with Crippen LogP contribution in [0.4, 0.5) is 11.5 Å². The van der Waals surface area contributed by atoms with E-state index in [1.807, 2.05) is 6.92 Å². The zero-order chi connectivity index (χ0) is 15.0. The van der Waals surface area contributed by atoms with Crippen molar-refractivity contribution in [2.75, 3.05) is 10.1 Å². The van der Waals surface area contributed by atoms with Gasteiger partial charge in [0.25, 0.3) is 10.0 Å². The van der Waals surface area contributed by atoms with Gasteiger partial charge in [-0.3, -0.25) is 14.1 Å². The number of nitrogen functional groups attached to an aromatic ring is 1. The van der Waals surface area contributed by atoms with Gasteiger partial charge in [-0.15, -0.1) is 11.3 Å². The first-order valence-corrected chi connectivity index (χ1v) is 8.24. The van der Waals surface area contributed by atoms with Crippen molar-refractivity contribution in [2.24, 2.45) is 5.84 Å². The van der Waals surface area contributed by atoms with Crippen molar-refractivity contribution in [3.05, 3.63) is 35.6 Å². The Morgan fingerprint density at radius 1 is 1.38 bits per heavy atom. The molecule has 0 saturated heterocycles. The number of aromatic nitrogens is 3. The third kappa shape index (κ3) is 2.44. The van der Waals surface area contributed by atoms with E-state index in [4.69, 9.17) is 5.84 Å². The number of imidazole rings is 1. The summed E-state index contributed by atoms with van der Waals surface area (Å²) >= 11 is 1.31. The van der Waals surface area contributed by atoms with Crippen LogP contribution in [0.1, 0.15) is 5.56 Å². The summed E-state index contributed by atoms with van der Waals surface area (Å²) < 4.78 is 29.1. The molecule has 21 heavy (non-hydrogen) atoms. The number of sulfonamides is 1. The number of nitrogens with one attached hydrogen (secondary N) is 2. The maximum Gasteiger partial charge on any atom is 0.281 e. The summed E-state index contributed by atoms with van der Waals surface area (Å²) in [7, 11) is -3.85. The predicted molar refractivity (Wildman–Crippen MR) is 80.7 cm³/mol. The Morgan fingerprint density at radius 3 is 2.90 bits per heavy atom. The van der Waals surface area contributed by atoms with Crippen molar-refractivity contribution < 1.29 is 8.42 Å². The van der Waals surface area contributed by atoms with Crippen LogP contribution in [0.2, 0.25) is 0 Å². The summed E-state index contributed by atoms with van der Waals surface area (Å²) in [5.41, 5.74) is 3.54. The van der Waals surface area contributed by atoms with Crippen LogP contribution < -0.4 is 16.0 Å². The molecule has 0 bridgehead atoms. The molecule has 4 N–H and O–H groups in total. The molecule has 3 aromatic heterocycles. The van der Waals surface area contributed by atoms with E-state index < -0.39 is 10.0 Å². The number of nitrogens with two attached hydrogens (primary N) is 1. The normalized spacial score (nSPS) is 11.7. The number of thiazole rings is 1. The first-order valence-electron chi connectivity index (χ1n) is 5.88. The van der Waals surface area contributed by atoms with Crippen LogP contribution in [0.3, 0.4) is 0 Å². The molecule has 3 rings (SSSR count). The Kier molecular flexibility index (Phi) is 3.27. The topological polar surface area (TPSA) is 114 Å². The molecule has 110 valence electrons. The van der Waals surface area contributed by atoms with E-state index >= 15 is 0 Å². The Morgan fingerprint density at radius 2 is 2.19 bits per heavy atom. The van der Waals surface area contributed by atoms with E-state index in [0.717, 1.165) is 5.56 Å². The number of nitrogens with zero attached hydrogens (tertiary/aromatic N) is 3. The van der Waals surface area contributed by atoms with Crippen LogP contribution in [0, 0.1) is 6.92 Å². The maximum absolute atomic E-state index is 12.6. The lowest BCUT2D eigenvalue weighted by Gasteiger charge is -2.08. The number of hydrazine groups is 1. The summed E-state index contributed by atoms with van der Waals surface area (Å²) in [5, 5.41) is 1.71. The molecule has 0 radical (unpaired) electrons. The third-order valence-corrected chi connectivity index (χ3v) is 4.90. The number of anilines is 2. The van der Waals surface area contributed by atoms with Crippen LogP contribution in [0.15, 0.2) is 35.1 Å². The fourth-order valence-corrected chi connectivity index (χ4v) is 3.99. The first kappa shape index (κ1) is 13.8. The lowest BCUT2D eigenvalue weighted by molar-refractivity contribution is 0.597. The van der Waals surface area contributed by atoms with Gasteiger partial charge in [0.2, 0.25) is 5.03 Å². The highest BCUT2D eigenvalue weighted by atomic mass is 32.2. The standard InChI is InChI=1S/C11H12N6O2S2/c1-7-4-8(6-13-5-7)16-21(18,19)10-9(15-12)14-11-17(10)2-3-20-11/h2-6,15-16H,12H2,1H3. The van der Waals surface area contributed by atoms with Crippen LogP contribution >= 0.6 is 11.3 Å². The van der Waals surface area contributed by atoms with Crippen molar-refractivity contribution in [3.63, 3.8) is 0 Å². The first-order chi connectivity index (χ1) is 10.0. The fourth-order valence-electron chi connectivity index (χ4n) is 1.93. The van der Waals surface area contributed by atoms with Crippen molar-refractivity contribution in [3.8, 4) is 0 Å². The molecule has 10 heteroatoms. The van der Waals surface area contributed by atoms with E-state index in [0.29, 0.717) is 10.6 Å². The minimum atomic E-state index is -3.85. The molecule has 0 spiro atoms. The van der Waals surface area contributed by atoms with E-state index in [1.165, 1.54) is 21.9 Å². The average Bonchev–Trinajstić information content (AvgIpc) is 2.96. The molecule has 0 unspecified atom stereocenters. The minimum Gasteiger partial charge on any atom is -0.306 e. The summed E-state index contributed by atoms with van der Waals surface area (Å²) in [5.74, 6) is 5.45. The number of fused-ring (bicyclic) bond motifs is 1. The Labute approximate surface area is 124 Å². The second kappa shape index (κ2) is 4.98. The van der Waals surface area contributed by atoms with Crippen LogP contribution in [0.5, 0.6) is 0 Å². The second-order valence-corrected chi connectivity index (χ2v) is 6.79. The third-order valence-electron chi connectivity index (χ3n) is 2.74. The predicted octanol–water partition coefficient (Wildman–Crippen LogP) is 1.19. The number of hydrogen-bond acceptors (Lipinski definition) is 7. The number of hydrogen-bond donors (Lipinski definition) is 3. The Hall–Kier alpha value is -2.17. The van der Waals surface area contributed by atoms with Gasteiger partial charge in [0.1, 0.15) is 0 Å². The molecule has 0 aliphatic carbocycles. The molecule has 0 amide bonds. The van der Waals surface area contributed by atoms with Gasteiger partial charge < -0.3 is 5.43 Å². The summed E-state index contributed by atoms with van der Waals surface area (Å²) in [6, 6.07) is 1.69. The number of pyridine rings is 1. The Balaban J connectivity index is 2.09. The maximum atomic E-state index is 12.6. The second-order valence-electron chi connectivity index (χ2n) is 4.32. The van der Waals surface area contributed by atoms with Crippen molar-refractivity contribution in [1.82, 2.24) is 14.4 Å². The van der Waals surface area contributed by atoms with E-state index in [2.05, 4.69) is 20.1 Å². The van der Waals surface area contributed by atoms with Crippen molar-refractivity contribution in [2.45, 2.75) is 11.9 Å². The quantitative estimate of drug-likeness (QED) is 0.490. The van der Waals surface area contributed by atoms with Gasteiger partial charge >= 0.3 is 0 Å². The van der Waals surface area contributed by atoms with E-state index in [1.54, 1.807) is 23.8 Å². The summed E-state index contributed by atoms with van der Waals surface area (Å²) in [4.78, 5) is 8.62. The molecular formula is C11H12N6O2S2. The highest BCUT2D eigenvalue weighted by Crippen LogP contribution is 2.26. The van der Waals surface area contributed by atoms with Crippen LogP contribution in [-0.4, -0.2) is 22.8 Å². The van der Waals surface area contributed by atoms with Crippen LogP contribution in [-0.2, 0) is 10.0 Å². The minimum absolute atomic E-state index is 0.0391. The lowest BCUT2D eigenvalue weighted by Crippen LogP contribution is -2.18. The summed E-state index contributed by atoms with van der Waals surface area (Å²) in [6.45, 7) is 1.83. The Bertz CT molecular complexity index is 898. The zero-order valence-corrected chi connectivity index (χ0v) is 12.6. The molecular weight excluding hydrogens is 312 g/mol. The molecule has 0 aliphatic heterocycles. The zero-order valence-electron chi connectivity index (χ0n) is 10.9. The monoisotopic (exact) mass is 324 g/mol. The average molecular weight is 324 g/mol. The highest BCUT2D eigenvalue weighted by Gasteiger charge is 2.26.